The molecule has 0 bridgehead atoms. The summed E-state index contributed by atoms with van der Waals surface area (Å²) in [7, 11) is 1.55. The van der Waals surface area contributed by atoms with E-state index in [4.69, 9.17) is 4.74 Å². The number of carbonyl (C=O) groups excluding carboxylic acids is 1. The highest BCUT2D eigenvalue weighted by Gasteiger charge is 2.26. The molecule has 7 nitrogen and oxygen atoms in total. The summed E-state index contributed by atoms with van der Waals surface area (Å²) in [6.45, 7) is 3.68. The van der Waals surface area contributed by atoms with Crippen molar-refractivity contribution in [1.82, 2.24) is 25.1 Å². The Balaban J connectivity index is 1.58. The van der Waals surface area contributed by atoms with Crippen molar-refractivity contribution in [1.29, 1.82) is 0 Å². The van der Waals surface area contributed by atoms with Crippen LogP contribution in [0.4, 0.5) is 0 Å². The number of hydrogen-bond donors (Lipinski definition) is 1. The van der Waals surface area contributed by atoms with Crippen molar-refractivity contribution in [2.75, 3.05) is 26.8 Å². The summed E-state index contributed by atoms with van der Waals surface area (Å²) >= 11 is 0. The molecular weight excluding hydrogens is 294 g/mol. The van der Waals surface area contributed by atoms with Crippen molar-refractivity contribution in [2.45, 2.75) is 19.8 Å². The first kappa shape index (κ1) is 15.6. The first-order valence-corrected chi connectivity index (χ1v) is 7.75. The van der Waals surface area contributed by atoms with Crippen molar-refractivity contribution in [2.24, 2.45) is 5.92 Å². The van der Waals surface area contributed by atoms with Gasteiger partial charge in [0, 0.05) is 32.1 Å². The molecule has 1 amide bonds. The molecule has 1 N–H and O–H groups in total. The first-order valence-electron chi connectivity index (χ1n) is 7.75. The Morgan fingerprint density at radius 1 is 1.39 bits per heavy atom. The van der Waals surface area contributed by atoms with Crippen LogP contribution in [0.5, 0.6) is 0 Å². The van der Waals surface area contributed by atoms with Crippen molar-refractivity contribution < 1.29 is 9.53 Å². The van der Waals surface area contributed by atoms with Crippen LogP contribution in [0.15, 0.2) is 18.5 Å². The molecule has 1 aliphatic heterocycles. The molecule has 122 valence electrons. The molecular formula is C16H21N5O2. The Morgan fingerprint density at radius 3 is 2.91 bits per heavy atom. The molecule has 0 aromatic carbocycles. The van der Waals surface area contributed by atoms with E-state index in [0.717, 1.165) is 48.7 Å². The zero-order chi connectivity index (χ0) is 16.2. The highest BCUT2D eigenvalue weighted by atomic mass is 16.5. The fourth-order valence-corrected chi connectivity index (χ4v) is 2.88. The lowest BCUT2D eigenvalue weighted by Crippen LogP contribution is -2.31. The van der Waals surface area contributed by atoms with Gasteiger partial charge in [-0.1, -0.05) is 0 Å². The van der Waals surface area contributed by atoms with Crippen LogP contribution in [0.2, 0.25) is 0 Å². The van der Waals surface area contributed by atoms with Crippen LogP contribution in [-0.2, 0) is 16.0 Å². The number of likely N-dealkylation sites (tertiary alicyclic amines) is 1. The molecule has 3 heterocycles. The van der Waals surface area contributed by atoms with E-state index in [1.165, 1.54) is 0 Å². The standard InChI is InChI=1S/C16H21N5O2/c1-11-5-14(20-19-11)15-8-17-13(7-18-15)6-12-3-4-21(9-12)16(22)10-23-2/h5,7-8,12H,3-4,6,9-10H2,1-2H3,(H,19,20). The predicted molar refractivity (Wildman–Crippen MR) is 84.6 cm³/mol. The summed E-state index contributed by atoms with van der Waals surface area (Å²) in [5.74, 6) is 0.494. The van der Waals surface area contributed by atoms with E-state index in [1.807, 2.05) is 17.9 Å². The van der Waals surface area contributed by atoms with E-state index < -0.39 is 0 Å². The minimum atomic E-state index is 0.0605. The zero-order valence-electron chi connectivity index (χ0n) is 13.5. The fourth-order valence-electron chi connectivity index (χ4n) is 2.88. The topological polar surface area (TPSA) is 84.0 Å². The Morgan fingerprint density at radius 2 is 2.26 bits per heavy atom. The largest absolute Gasteiger partial charge is 0.375 e. The van der Waals surface area contributed by atoms with Crippen LogP contribution in [0.3, 0.4) is 0 Å². The minimum Gasteiger partial charge on any atom is -0.375 e. The second-order valence-corrected chi connectivity index (χ2v) is 5.96. The lowest BCUT2D eigenvalue weighted by molar-refractivity contribution is -0.134. The number of H-pyrrole nitrogens is 1. The van der Waals surface area contributed by atoms with Crippen molar-refractivity contribution in [3.63, 3.8) is 0 Å². The molecule has 1 unspecified atom stereocenters. The molecule has 0 aliphatic carbocycles. The summed E-state index contributed by atoms with van der Waals surface area (Å²) in [5.41, 5.74) is 3.52. The number of nitrogens with one attached hydrogen (secondary N) is 1. The van der Waals surface area contributed by atoms with E-state index in [9.17, 15) is 4.79 Å². The lowest BCUT2D eigenvalue weighted by Gasteiger charge is -2.15. The molecule has 3 rings (SSSR count). The van der Waals surface area contributed by atoms with E-state index in [2.05, 4.69) is 20.2 Å². The molecule has 1 atom stereocenters. The molecule has 23 heavy (non-hydrogen) atoms. The van der Waals surface area contributed by atoms with Gasteiger partial charge in [0.25, 0.3) is 0 Å². The van der Waals surface area contributed by atoms with Gasteiger partial charge in [0.1, 0.15) is 18.0 Å². The molecule has 2 aromatic heterocycles. The average molecular weight is 315 g/mol. The first-order chi connectivity index (χ1) is 11.2. The summed E-state index contributed by atoms with van der Waals surface area (Å²) in [5, 5.41) is 7.08. The Kier molecular flexibility index (Phi) is 4.66. The number of rotatable bonds is 5. The van der Waals surface area contributed by atoms with Gasteiger partial charge in [-0.15, -0.1) is 0 Å². The molecule has 0 spiro atoms. The highest BCUT2D eigenvalue weighted by molar-refractivity contribution is 5.77. The van der Waals surface area contributed by atoms with Gasteiger partial charge in [0.05, 0.1) is 11.9 Å². The van der Waals surface area contributed by atoms with Crippen LogP contribution >= 0.6 is 0 Å². The van der Waals surface area contributed by atoms with Gasteiger partial charge < -0.3 is 9.64 Å². The monoisotopic (exact) mass is 315 g/mol. The zero-order valence-corrected chi connectivity index (χ0v) is 13.5. The molecule has 0 radical (unpaired) electrons. The minimum absolute atomic E-state index is 0.0605. The smallest absolute Gasteiger partial charge is 0.248 e. The van der Waals surface area contributed by atoms with Gasteiger partial charge in [0.15, 0.2) is 0 Å². The van der Waals surface area contributed by atoms with Crippen LogP contribution < -0.4 is 0 Å². The molecule has 1 aliphatic rings. The highest BCUT2D eigenvalue weighted by Crippen LogP contribution is 2.21. The maximum Gasteiger partial charge on any atom is 0.248 e. The number of aromatic amines is 1. The van der Waals surface area contributed by atoms with Gasteiger partial charge in [-0.05, 0) is 31.7 Å². The Bertz CT molecular complexity index is 667. The Hall–Kier alpha value is -2.28. The number of nitrogens with zero attached hydrogens (tertiary/aromatic N) is 4. The third kappa shape index (κ3) is 3.73. The summed E-state index contributed by atoms with van der Waals surface area (Å²) < 4.78 is 4.90. The number of ether oxygens (including phenoxy) is 1. The molecule has 0 saturated carbocycles. The maximum atomic E-state index is 11.8. The van der Waals surface area contributed by atoms with Crippen molar-refractivity contribution in [3.05, 3.63) is 29.8 Å². The summed E-state index contributed by atoms with van der Waals surface area (Å²) in [6, 6.07) is 1.94. The van der Waals surface area contributed by atoms with Gasteiger partial charge >= 0.3 is 0 Å². The van der Waals surface area contributed by atoms with Gasteiger partial charge in [0.2, 0.25) is 5.91 Å². The fraction of sp³-hybridized carbons (Fsp3) is 0.500. The summed E-state index contributed by atoms with van der Waals surface area (Å²) in [4.78, 5) is 22.6. The van der Waals surface area contributed by atoms with Crippen LogP contribution in [-0.4, -0.2) is 57.8 Å². The van der Waals surface area contributed by atoms with Gasteiger partial charge in [-0.2, -0.15) is 5.10 Å². The SMILES string of the molecule is COCC(=O)N1CCC(Cc2cnc(-c3cc(C)[nH]n3)cn2)C1. The maximum absolute atomic E-state index is 11.8. The normalized spacial score (nSPS) is 17.7. The van der Waals surface area contributed by atoms with Crippen molar-refractivity contribution in [3.8, 4) is 11.4 Å². The Labute approximate surface area is 135 Å². The average Bonchev–Trinajstić information content (AvgIpc) is 3.18. The molecule has 2 aromatic rings. The lowest BCUT2D eigenvalue weighted by atomic mass is 10.0. The van der Waals surface area contributed by atoms with Crippen molar-refractivity contribution >= 4 is 5.91 Å². The number of hydrogen-bond acceptors (Lipinski definition) is 5. The number of carbonyl (C=O) groups is 1. The number of aryl methyl sites for hydroxylation is 1. The molecule has 1 saturated heterocycles. The van der Waals surface area contributed by atoms with Gasteiger partial charge in [-0.3, -0.25) is 19.9 Å². The van der Waals surface area contributed by atoms with E-state index in [-0.39, 0.29) is 12.5 Å². The van der Waals surface area contributed by atoms with E-state index in [1.54, 1.807) is 19.5 Å². The summed E-state index contributed by atoms with van der Waals surface area (Å²) in [6.07, 6.45) is 5.40. The molecule has 7 heteroatoms. The van der Waals surface area contributed by atoms with Crippen LogP contribution in [0.25, 0.3) is 11.4 Å². The second kappa shape index (κ2) is 6.87. The van der Waals surface area contributed by atoms with E-state index >= 15 is 0 Å². The quantitative estimate of drug-likeness (QED) is 0.896. The van der Waals surface area contributed by atoms with Crippen LogP contribution in [0.1, 0.15) is 17.8 Å². The second-order valence-electron chi connectivity index (χ2n) is 5.96. The predicted octanol–water partition coefficient (Wildman–Crippen LogP) is 1.21. The van der Waals surface area contributed by atoms with Gasteiger partial charge in [-0.25, -0.2) is 0 Å². The number of methoxy groups -OCH3 is 1. The number of aromatic nitrogens is 4. The van der Waals surface area contributed by atoms with Crippen LogP contribution in [0, 0.1) is 12.8 Å². The third-order valence-electron chi connectivity index (χ3n) is 4.08. The molecule has 1 fully saturated rings. The number of amides is 1. The third-order valence-corrected chi connectivity index (χ3v) is 4.08. The van der Waals surface area contributed by atoms with E-state index in [0.29, 0.717) is 5.92 Å².